The van der Waals surface area contributed by atoms with Crippen LogP contribution in [-0.4, -0.2) is 36.1 Å². The SMILES string of the molecule is CN(CC1CCC1)C(=O)NCCc1nccs1. The standard InChI is InChI=1S/C12H19N3OS/c1-15(9-10-3-2-4-10)12(16)14-6-5-11-13-7-8-17-11/h7-8,10H,2-6,9H2,1H3,(H,14,16). The van der Waals surface area contributed by atoms with Gasteiger partial charge in [0.1, 0.15) is 0 Å². The second-order valence-electron chi connectivity index (χ2n) is 4.59. The molecule has 0 atom stereocenters. The molecule has 2 rings (SSSR count). The van der Waals surface area contributed by atoms with Gasteiger partial charge >= 0.3 is 6.03 Å². The third kappa shape index (κ3) is 3.70. The van der Waals surface area contributed by atoms with Gasteiger partial charge in [-0.25, -0.2) is 9.78 Å². The molecule has 0 saturated heterocycles. The van der Waals surface area contributed by atoms with Crippen molar-refractivity contribution in [1.82, 2.24) is 15.2 Å². The van der Waals surface area contributed by atoms with Crippen molar-refractivity contribution >= 4 is 17.4 Å². The summed E-state index contributed by atoms with van der Waals surface area (Å²) in [5.41, 5.74) is 0. The smallest absolute Gasteiger partial charge is 0.317 e. The number of hydrogen-bond acceptors (Lipinski definition) is 3. The number of thiazole rings is 1. The monoisotopic (exact) mass is 253 g/mol. The van der Waals surface area contributed by atoms with Crippen LogP contribution in [0.1, 0.15) is 24.3 Å². The maximum Gasteiger partial charge on any atom is 0.317 e. The number of carbonyl (C=O) groups is 1. The van der Waals surface area contributed by atoms with E-state index in [2.05, 4.69) is 10.3 Å². The highest BCUT2D eigenvalue weighted by Crippen LogP contribution is 2.26. The zero-order chi connectivity index (χ0) is 12.1. The average Bonchev–Trinajstić information content (AvgIpc) is 2.76. The van der Waals surface area contributed by atoms with E-state index in [4.69, 9.17) is 0 Å². The van der Waals surface area contributed by atoms with Crippen LogP contribution >= 0.6 is 11.3 Å². The van der Waals surface area contributed by atoms with Crippen molar-refractivity contribution < 1.29 is 4.79 Å². The van der Waals surface area contributed by atoms with Crippen LogP contribution < -0.4 is 5.32 Å². The Morgan fingerprint density at radius 3 is 3.06 bits per heavy atom. The van der Waals surface area contributed by atoms with Crippen LogP contribution in [0.5, 0.6) is 0 Å². The molecule has 0 spiro atoms. The summed E-state index contributed by atoms with van der Waals surface area (Å²) in [4.78, 5) is 17.7. The van der Waals surface area contributed by atoms with Crippen LogP contribution in [0.4, 0.5) is 4.79 Å². The lowest BCUT2D eigenvalue weighted by molar-refractivity contribution is 0.183. The first-order valence-electron chi connectivity index (χ1n) is 6.13. The molecule has 2 amide bonds. The highest BCUT2D eigenvalue weighted by atomic mass is 32.1. The Bertz CT molecular complexity index is 349. The van der Waals surface area contributed by atoms with Gasteiger partial charge in [-0.15, -0.1) is 11.3 Å². The van der Waals surface area contributed by atoms with E-state index in [0.29, 0.717) is 6.54 Å². The fraction of sp³-hybridized carbons (Fsp3) is 0.667. The number of hydrogen-bond donors (Lipinski definition) is 1. The van der Waals surface area contributed by atoms with E-state index in [9.17, 15) is 4.79 Å². The molecule has 5 heteroatoms. The Kier molecular flexibility index (Phi) is 4.36. The van der Waals surface area contributed by atoms with Crippen molar-refractivity contribution in [3.05, 3.63) is 16.6 Å². The Morgan fingerprint density at radius 2 is 2.47 bits per heavy atom. The number of urea groups is 1. The van der Waals surface area contributed by atoms with Crippen molar-refractivity contribution in [2.45, 2.75) is 25.7 Å². The summed E-state index contributed by atoms with van der Waals surface area (Å²) in [6, 6.07) is 0.0356. The Balaban J connectivity index is 1.62. The third-order valence-electron chi connectivity index (χ3n) is 3.20. The second kappa shape index (κ2) is 6.00. The van der Waals surface area contributed by atoms with Crippen LogP contribution in [0, 0.1) is 5.92 Å². The van der Waals surface area contributed by atoms with Gasteiger partial charge in [-0.05, 0) is 18.8 Å². The fourth-order valence-corrected chi connectivity index (χ4v) is 2.55. The Morgan fingerprint density at radius 1 is 1.65 bits per heavy atom. The van der Waals surface area contributed by atoms with Crippen LogP contribution in [-0.2, 0) is 6.42 Å². The van der Waals surface area contributed by atoms with Gasteiger partial charge < -0.3 is 10.2 Å². The summed E-state index contributed by atoms with van der Waals surface area (Å²) < 4.78 is 0. The minimum atomic E-state index is 0.0356. The lowest BCUT2D eigenvalue weighted by atomic mass is 9.85. The Labute approximate surface area is 106 Å². The van der Waals surface area contributed by atoms with E-state index in [-0.39, 0.29) is 6.03 Å². The zero-order valence-corrected chi connectivity index (χ0v) is 11.0. The Hall–Kier alpha value is -1.10. The summed E-state index contributed by atoms with van der Waals surface area (Å²) in [5.74, 6) is 0.727. The lowest BCUT2D eigenvalue weighted by Gasteiger charge is -2.30. The zero-order valence-electron chi connectivity index (χ0n) is 10.2. The largest absolute Gasteiger partial charge is 0.338 e. The van der Waals surface area contributed by atoms with Gasteiger partial charge in [0.15, 0.2) is 0 Å². The van der Waals surface area contributed by atoms with Crippen LogP contribution in [0.25, 0.3) is 0 Å². The first-order chi connectivity index (χ1) is 8.25. The van der Waals surface area contributed by atoms with Gasteiger partial charge in [0.05, 0.1) is 5.01 Å². The van der Waals surface area contributed by atoms with Crippen molar-refractivity contribution in [1.29, 1.82) is 0 Å². The molecule has 1 aromatic rings. The van der Waals surface area contributed by atoms with Crippen LogP contribution in [0.15, 0.2) is 11.6 Å². The highest BCUT2D eigenvalue weighted by molar-refractivity contribution is 7.09. The molecule has 0 aromatic carbocycles. The third-order valence-corrected chi connectivity index (χ3v) is 4.04. The van der Waals surface area contributed by atoms with Crippen LogP contribution in [0.2, 0.25) is 0 Å². The quantitative estimate of drug-likeness (QED) is 0.873. The number of amides is 2. The molecule has 1 saturated carbocycles. The summed E-state index contributed by atoms with van der Waals surface area (Å²) in [5, 5.41) is 5.96. The van der Waals surface area contributed by atoms with Crippen molar-refractivity contribution in [3.8, 4) is 0 Å². The molecule has 1 aromatic heterocycles. The summed E-state index contributed by atoms with van der Waals surface area (Å²) in [7, 11) is 1.87. The second-order valence-corrected chi connectivity index (χ2v) is 5.56. The van der Waals surface area contributed by atoms with E-state index >= 15 is 0 Å². The molecule has 1 fully saturated rings. The molecule has 17 heavy (non-hydrogen) atoms. The summed E-state index contributed by atoms with van der Waals surface area (Å²) in [6.45, 7) is 1.56. The average molecular weight is 253 g/mol. The van der Waals surface area contributed by atoms with E-state index < -0.39 is 0 Å². The fourth-order valence-electron chi connectivity index (χ4n) is 1.93. The van der Waals surface area contributed by atoms with Crippen molar-refractivity contribution in [3.63, 3.8) is 0 Å². The molecule has 1 heterocycles. The normalized spacial score (nSPS) is 15.4. The molecule has 1 aliphatic carbocycles. The highest BCUT2D eigenvalue weighted by Gasteiger charge is 2.21. The van der Waals surface area contributed by atoms with E-state index in [1.165, 1.54) is 19.3 Å². The maximum absolute atomic E-state index is 11.7. The van der Waals surface area contributed by atoms with Gasteiger partial charge in [0.25, 0.3) is 0 Å². The lowest BCUT2D eigenvalue weighted by Crippen LogP contribution is -2.41. The van der Waals surface area contributed by atoms with Gasteiger partial charge in [0, 0.05) is 38.1 Å². The number of rotatable bonds is 5. The summed E-state index contributed by atoms with van der Waals surface area (Å²) in [6.07, 6.45) is 6.49. The molecule has 0 bridgehead atoms. The first kappa shape index (κ1) is 12.4. The first-order valence-corrected chi connectivity index (χ1v) is 7.01. The van der Waals surface area contributed by atoms with E-state index in [1.807, 2.05) is 12.4 Å². The molecule has 1 aliphatic rings. The minimum absolute atomic E-state index is 0.0356. The number of aromatic nitrogens is 1. The molecule has 1 N–H and O–H groups in total. The van der Waals surface area contributed by atoms with Gasteiger partial charge in [-0.2, -0.15) is 0 Å². The molecular weight excluding hydrogens is 234 g/mol. The minimum Gasteiger partial charge on any atom is -0.338 e. The molecule has 94 valence electrons. The molecule has 0 aliphatic heterocycles. The van der Waals surface area contributed by atoms with E-state index in [1.54, 1.807) is 22.4 Å². The van der Waals surface area contributed by atoms with Gasteiger partial charge in [0.2, 0.25) is 0 Å². The molecule has 4 nitrogen and oxygen atoms in total. The number of nitrogens with one attached hydrogen (secondary N) is 1. The van der Waals surface area contributed by atoms with Gasteiger partial charge in [-0.3, -0.25) is 0 Å². The van der Waals surface area contributed by atoms with Crippen molar-refractivity contribution in [2.24, 2.45) is 5.92 Å². The summed E-state index contributed by atoms with van der Waals surface area (Å²) >= 11 is 1.63. The predicted octanol–water partition coefficient (Wildman–Crippen LogP) is 2.13. The number of carbonyl (C=O) groups excluding carboxylic acids is 1. The predicted molar refractivity (Wildman–Crippen MR) is 69.2 cm³/mol. The van der Waals surface area contributed by atoms with Crippen molar-refractivity contribution in [2.75, 3.05) is 20.1 Å². The van der Waals surface area contributed by atoms with Crippen LogP contribution in [0.3, 0.4) is 0 Å². The number of nitrogens with zero attached hydrogens (tertiary/aromatic N) is 2. The molecule has 0 radical (unpaired) electrons. The van der Waals surface area contributed by atoms with Gasteiger partial charge in [-0.1, -0.05) is 6.42 Å². The van der Waals surface area contributed by atoms with E-state index in [0.717, 1.165) is 23.9 Å². The molecule has 0 unspecified atom stereocenters. The molecular formula is C12H19N3OS. The maximum atomic E-state index is 11.7. The topological polar surface area (TPSA) is 45.2 Å².